The lowest BCUT2D eigenvalue weighted by molar-refractivity contribution is -0.144. The van der Waals surface area contributed by atoms with Gasteiger partial charge in [0.05, 0.1) is 5.69 Å². The molecule has 5 nitrogen and oxygen atoms in total. The van der Waals surface area contributed by atoms with Crippen LogP contribution in [0.5, 0.6) is 0 Å². The van der Waals surface area contributed by atoms with E-state index in [0.29, 0.717) is 5.69 Å². The van der Waals surface area contributed by atoms with Gasteiger partial charge in [-0.1, -0.05) is 18.2 Å². The zero-order valence-corrected chi connectivity index (χ0v) is 9.50. The molecule has 1 aromatic rings. The van der Waals surface area contributed by atoms with Crippen LogP contribution in [0.15, 0.2) is 36.9 Å². The van der Waals surface area contributed by atoms with Crippen LogP contribution in [0.25, 0.3) is 0 Å². The number of hydrogen-bond donors (Lipinski definition) is 1. The van der Waals surface area contributed by atoms with Crippen molar-refractivity contribution in [1.29, 1.82) is 0 Å². The first-order valence-electron chi connectivity index (χ1n) is 5.36. The van der Waals surface area contributed by atoms with Gasteiger partial charge in [-0.05, 0) is 12.1 Å². The third kappa shape index (κ3) is 1.69. The zero-order chi connectivity index (χ0) is 13.3. The molecule has 0 aliphatic carbocycles. The zero-order valence-electron chi connectivity index (χ0n) is 9.50. The first-order valence-corrected chi connectivity index (χ1v) is 5.36. The van der Waals surface area contributed by atoms with E-state index in [1.54, 1.807) is 18.2 Å². The van der Waals surface area contributed by atoms with E-state index < -0.39 is 23.6 Å². The summed E-state index contributed by atoms with van der Waals surface area (Å²) in [5.41, 5.74) is 0.691. The number of carboxylic acids is 1. The van der Waals surface area contributed by atoms with E-state index in [9.17, 15) is 14.4 Å². The van der Waals surface area contributed by atoms with E-state index in [0.717, 1.165) is 0 Å². The number of carboxylic acid groups (broad SMARTS) is 1. The topological polar surface area (TPSA) is 74.7 Å². The second-order valence-electron chi connectivity index (χ2n) is 3.89. The van der Waals surface area contributed by atoms with Crippen LogP contribution in [0.4, 0.5) is 5.69 Å². The van der Waals surface area contributed by atoms with Gasteiger partial charge in [0.2, 0.25) is 5.91 Å². The Morgan fingerprint density at radius 1 is 1.39 bits per heavy atom. The molecule has 1 N–H and O–H groups in total. The Balaban J connectivity index is 2.59. The van der Waals surface area contributed by atoms with Gasteiger partial charge in [-0.25, -0.2) is 0 Å². The largest absolute Gasteiger partial charge is 0.480 e. The van der Waals surface area contributed by atoms with Crippen LogP contribution in [0.2, 0.25) is 0 Å². The summed E-state index contributed by atoms with van der Waals surface area (Å²) in [4.78, 5) is 36.3. The van der Waals surface area contributed by atoms with Gasteiger partial charge in [0.15, 0.2) is 11.7 Å². The molecule has 5 heteroatoms. The monoisotopic (exact) mass is 245 g/mol. The quantitative estimate of drug-likeness (QED) is 0.639. The van der Waals surface area contributed by atoms with Crippen molar-refractivity contribution < 1.29 is 19.5 Å². The predicted octanol–water partition coefficient (Wildman–Crippen LogP) is 1.10. The van der Waals surface area contributed by atoms with Crippen molar-refractivity contribution in [2.45, 2.75) is 0 Å². The summed E-state index contributed by atoms with van der Waals surface area (Å²) in [6.45, 7) is 3.70. The molecule has 1 aliphatic rings. The summed E-state index contributed by atoms with van der Waals surface area (Å²) in [6, 6.07) is 6.47. The molecular weight excluding hydrogens is 234 g/mol. The van der Waals surface area contributed by atoms with Crippen LogP contribution in [0.3, 0.4) is 0 Å². The molecule has 0 bridgehead atoms. The fraction of sp³-hybridized carbons (Fsp3) is 0.154. The number of carbonyl (C=O) groups is 3. The SMILES string of the molecule is C=CCN1C(=O)C(C(=O)O)C(=O)c2ccccc21. The van der Waals surface area contributed by atoms with Gasteiger partial charge in [0.1, 0.15) is 0 Å². The van der Waals surface area contributed by atoms with Gasteiger partial charge in [-0.3, -0.25) is 14.4 Å². The van der Waals surface area contributed by atoms with Crippen molar-refractivity contribution in [3.63, 3.8) is 0 Å². The minimum absolute atomic E-state index is 0.174. The number of benzene rings is 1. The highest BCUT2D eigenvalue weighted by Gasteiger charge is 2.43. The summed E-state index contributed by atoms with van der Waals surface area (Å²) in [6.07, 6.45) is 1.49. The lowest BCUT2D eigenvalue weighted by Crippen LogP contribution is -2.48. The van der Waals surface area contributed by atoms with E-state index in [1.165, 1.54) is 17.0 Å². The molecule has 0 radical (unpaired) electrons. The molecule has 1 amide bonds. The molecule has 1 aliphatic heterocycles. The maximum absolute atomic E-state index is 12.0. The Morgan fingerprint density at radius 3 is 2.67 bits per heavy atom. The summed E-state index contributed by atoms with van der Waals surface area (Å²) >= 11 is 0. The molecule has 0 saturated heterocycles. The average molecular weight is 245 g/mol. The number of aliphatic carboxylic acids is 1. The highest BCUT2D eigenvalue weighted by molar-refractivity contribution is 6.30. The molecule has 1 unspecified atom stereocenters. The van der Waals surface area contributed by atoms with Gasteiger partial charge in [-0.15, -0.1) is 6.58 Å². The van der Waals surface area contributed by atoms with E-state index in [1.807, 2.05) is 0 Å². The number of nitrogens with zero attached hydrogens (tertiary/aromatic N) is 1. The van der Waals surface area contributed by atoms with Gasteiger partial charge in [0.25, 0.3) is 0 Å². The molecule has 0 fully saturated rings. The molecule has 0 aromatic heterocycles. The number of para-hydroxylation sites is 1. The van der Waals surface area contributed by atoms with Crippen LogP contribution in [0, 0.1) is 5.92 Å². The molecule has 92 valence electrons. The van der Waals surface area contributed by atoms with Crippen LogP contribution in [-0.4, -0.2) is 29.3 Å². The third-order valence-electron chi connectivity index (χ3n) is 2.79. The Morgan fingerprint density at radius 2 is 2.06 bits per heavy atom. The van der Waals surface area contributed by atoms with Gasteiger partial charge < -0.3 is 10.0 Å². The standard InChI is InChI=1S/C13H11NO4/c1-2-7-14-9-6-4-3-5-8(9)11(15)10(12(14)16)13(17)18/h2-6,10H,1,7H2,(H,17,18). The summed E-state index contributed by atoms with van der Waals surface area (Å²) in [5, 5.41) is 9.00. The molecule has 2 rings (SSSR count). The van der Waals surface area contributed by atoms with Crippen molar-refractivity contribution in [2.75, 3.05) is 11.4 Å². The Labute approximate surface area is 103 Å². The highest BCUT2D eigenvalue weighted by atomic mass is 16.4. The molecule has 1 heterocycles. The van der Waals surface area contributed by atoms with E-state index in [2.05, 4.69) is 6.58 Å². The molecule has 0 saturated carbocycles. The second-order valence-corrected chi connectivity index (χ2v) is 3.89. The Bertz CT molecular complexity index is 550. The van der Waals surface area contributed by atoms with Crippen LogP contribution in [-0.2, 0) is 9.59 Å². The van der Waals surface area contributed by atoms with E-state index in [4.69, 9.17) is 5.11 Å². The fourth-order valence-corrected chi connectivity index (χ4v) is 1.99. The molecular formula is C13H11NO4. The Hall–Kier alpha value is -2.43. The number of amides is 1. The Kier molecular flexibility index (Phi) is 2.97. The van der Waals surface area contributed by atoms with Crippen molar-refractivity contribution >= 4 is 23.3 Å². The molecule has 1 aromatic carbocycles. The smallest absolute Gasteiger partial charge is 0.324 e. The molecule has 1 atom stereocenters. The second kappa shape index (κ2) is 4.44. The van der Waals surface area contributed by atoms with Crippen molar-refractivity contribution in [3.8, 4) is 0 Å². The first-order chi connectivity index (χ1) is 8.57. The maximum atomic E-state index is 12.0. The van der Waals surface area contributed by atoms with Crippen LogP contribution < -0.4 is 4.90 Å². The van der Waals surface area contributed by atoms with Crippen LogP contribution in [0.1, 0.15) is 10.4 Å². The van der Waals surface area contributed by atoms with Crippen molar-refractivity contribution in [2.24, 2.45) is 5.92 Å². The minimum Gasteiger partial charge on any atom is -0.480 e. The number of hydrogen-bond acceptors (Lipinski definition) is 3. The number of Topliss-reactive ketones (excluding diaryl/α,β-unsaturated/α-hetero) is 1. The van der Waals surface area contributed by atoms with Crippen LogP contribution >= 0.6 is 0 Å². The molecule has 18 heavy (non-hydrogen) atoms. The third-order valence-corrected chi connectivity index (χ3v) is 2.79. The van der Waals surface area contributed by atoms with Crippen molar-refractivity contribution in [1.82, 2.24) is 0 Å². The summed E-state index contributed by atoms with van der Waals surface area (Å²) in [7, 11) is 0. The predicted molar refractivity (Wildman–Crippen MR) is 64.4 cm³/mol. The number of rotatable bonds is 3. The number of anilines is 1. The lowest BCUT2D eigenvalue weighted by Gasteiger charge is -2.30. The summed E-state index contributed by atoms with van der Waals surface area (Å²) < 4.78 is 0. The molecule has 0 spiro atoms. The number of fused-ring (bicyclic) bond motifs is 1. The number of carbonyl (C=O) groups excluding carboxylic acids is 2. The van der Waals surface area contributed by atoms with Crippen molar-refractivity contribution in [3.05, 3.63) is 42.5 Å². The van der Waals surface area contributed by atoms with Gasteiger partial charge >= 0.3 is 5.97 Å². The van der Waals surface area contributed by atoms with Gasteiger partial charge in [0, 0.05) is 12.1 Å². The normalized spacial score (nSPS) is 18.4. The minimum atomic E-state index is -1.65. The number of ketones is 1. The van der Waals surface area contributed by atoms with E-state index in [-0.39, 0.29) is 12.1 Å². The fourth-order valence-electron chi connectivity index (χ4n) is 1.99. The average Bonchev–Trinajstić information content (AvgIpc) is 2.34. The first kappa shape index (κ1) is 12.0. The van der Waals surface area contributed by atoms with E-state index >= 15 is 0 Å². The lowest BCUT2D eigenvalue weighted by atomic mass is 9.90. The van der Waals surface area contributed by atoms with Gasteiger partial charge in [-0.2, -0.15) is 0 Å². The summed E-state index contributed by atoms with van der Waals surface area (Å²) in [5.74, 6) is -4.46. The maximum Gasteiger partial charge on any atom is 0.324 e. The highest BCUT2D eigenvalue weighted by Crippen LogP contribution is 2.30.